The Balaban J connectivity index is 2.01. The minimum Gasteiger partial charge on any atom is -0.497 e. The molecule has 112 valence electrons. The lowest BCUT2D eigenvalue weighted by Crippen LogP contribution is -2.10. The number of hydrogen-bond acceptors (Lipinski definition) is 4. The molecule has 0 aromatic heterocycles. The Bertz CT molecular complexity index is 601. The van der Waals surface area contributed by atoms with Crippen LogP contribution in [-0.4, -0.2) is 23.9 Å². The predicted octanol–water partition coefficient (Wildman–Crippen LogP) is 2.95. The van der Waals surface area contributed by atoms with Gasteiger partial charge in [-0.3, -0.25) is 0 Å². The van der Waals surface area contributed by atoms with Gasteiger partial charge in [0.15, 0.2) is 0 Å². The molecule has 1 atom stereocenters. The molecule has 0 radical (unpaired) electrons. The van der Waals surface area contributed by atoms with E-state index in [9.17, 15) is 5.11 Å². The molecule has 0 fully saturated rings. The maximum atomic E-state index is 10.1. The van der Waals surface area contributed by atoms with Gasteiger partial charge < -0.3 is 19.7 Å². The van der Waals surface area contributed by atoms with Gasteiger partial charge in [-0.1, -0.05) is 29.8 Å². The van der Waals surface area contributed by atoms with E-state index in [1.807, 2.05) is 6.07 Å². The lowest BCUT2D eigenvalue weighted by Gasteiger charge is -2.14. The SMILES string of the molecule is COc1cccc(C(O)COc2ccc(CO)cc2Cl)c1. The number of ether oxygens (including phenoxy) is 2. The number of aliphatic hydroxyl groups excluding tert-OH is 2. The molecular formula is C16H17ClO4. The highest BCUT2D eigenvalue weighted by Crippen LogP contribution is 2.27. The predicted molar refractivity (Wildman–Crippen MR) is 80.8 cm³/mol. The van der Waals surface area contributed by atoms with Gasteiger partial charge in [-0.15, -0.1) is 0 Å². The molecule has 5 heteroatoms. The number of benzene rings is 2. The molecule has 0 aliphatic rings. The Hall–Kier alpha value is -1.75. The summed E-state index contributed by atoms with van der Waals surface area (Å²) in [6.45, 7) is -0.00219. The molecule has 2 aromatic rings. The highest BCUT2D eigenvalue weighted by atomic mass is 35.5. The van der Waals surface area contributed by atoms with Crippen molar-refractivity contribution in [2.75, 3.05) is 13.7 Å². The van der Waals surface area contributed by atoms with Crippen molar-refractivity contribution in [2.45, 2.75) is 12.7 Å². The van der Waals surface area contributed by atoms with Crippen molar-refractivity contribution in [2.24, 2.45) is 0 Å². The Labute approximate surface area is 128 Å². The number of methoxy groups -OCH3 is 1. The third kappa shape index (κ3) is 4.11. The van der Waals surface area contributed by atoms with Crippen molar-refractivity contribution in [1.29, 1.82) is 0 Å². The summed E-state index contributed by atoms with van der Waals surface area (Å²) in [4.78, 5) is 0. The van der Waals surface area contributed by atoms with E-state index in [1.54, 1.807) is 43.5 Å². The molecule has 0 saturated heterocycles. The Morgan fingerprint density at radius 2 is 2.00 bits per heavy atom. The van der Waals surface area contributed by atoms with Crippen LogP contribution in [0.5, 0.6) is 11.5 Å². The summed E-state index contributed by atoms with van der Waals surface area (Å²) in [7, 11) is 1.57. The summed E-state index contributed by atoms with van der Waals surface area (Å²) in [5.74, 6) is 1.15. The average Bonchev–Trinajstić information content (AvgIpc) is 2.53. The molecule has 2 aromatic carbocycles. The second-order valence-corrected chi connectivity index (χ2v) is 4.93. The van der Waals surface area contributed by atoms with Gasteiger partial charge >= 0.3 is 0 Å². The standard InChI is InChI=1S/C16H17ClO4/c1-20-13-4-2-3-12(8-13)15(19)10-21-16-6-5-11(9-18)7-14(16)17/h2-8,15,18-19H,9-10H2,1H3. The fourth-order valence-corrected chi connectivity index (χ4v) is 2.13. The molecule has 4 nitrogen and oxygen atoms in total. The van der Waals surface area contributed by atoms with Crippen LogP contribution in [0.2, 0.25) is 5.02 Å². The largest absolute Gasteiger partial charge is 0.497 e. The second-order valence-electron chi connectivity index (χ2n) is 4.53. The van der Waals surface area contributed by atoms with Gasteiger partial charge in [0.05, 0.1) is 18.7 Å². The molecule has 0 saturated carbocycles. The van der Waals surface area contributed by atoms with Gasteiger partial charge in [0.25, 0.3) is 0 Å². The fourth-order valence-electron chi connectivity index (χ4n) is 1.87. The maximum Gasteiger partial charge on any atom is 0.138 e. The van der Waals surface area contributed by atoms with Gasteiger partial charge in [0, 0.05) is 0 Å². The maximum absolute atomic E-state index is 10.1. The third-order valence-electron chi connectivity index (χ3n) is 3.05. The van der Waals surface area contributed by atoms with E-state index in [1.165, 1.54) is 0 Å². The molecule has 0 bridgehead atoms. The molecule has 0 amide bonds. The lowest BCUT2D eigenvalue weighted by atomic mass is 10.1. The quantitative estimate of drug-likeness (QED) is 0.861. The van der Waals surface area contributed by atoms with Crippen molar-refractivity contribution < 1.29 is 19.7 Å². The molecule has 0 aliphatic heterocycles. The van der Waals surface area contributed by atoms with Crippen molar-refractivity contribution in [3.8, 4) is 11.5 Å². The molecule has 0 aliphatic carbocycles. The first-order valence-electron chi connectivity index (χ1n) is 6.48. The van der Waals surface area contributed by atoms with Crippen LogP contribution in [0.3, 0.4) is 0 Å². The first kappa shape index (κ1) is 15.6. The van der Waals surface area contributed by atoms with Gasteiger partial charge in [0.2, 0.25) is 0 Å². The zero-order valence-corrected chi connectivity index (χ0v) is 12.4. The summed E-state index contributed by atoms with van der Waals surface area (Å²) < 4.78 is 10.6. The monoisotopic (exact) mass is 308 g/mol. The van der Waals surface area contributed by atoms with Crippen LogP contribution in [0.25, 0.3) is 0 Å². The van der Waals surface area contributed by atoms with E-state index in [4.69, 9.17) is 26.2 Å². The molecule has 1 unspecified atom stereocenters. The van der Waals surface area contributed by atoms with Crippen molar-refractivity contribution in [3.05, 3.63) is 58.6 Å². The summed E-state index contributed by atoms with van der Waals surface area (Å²) in [6.07, 6.45) is -0.784. The summed E-state index contributed by atoms with van der Waals surface area (Å²) in [5, 5.41) is 19.5. The van der Waals surface area contributed by atoms with Crippen LogP contribution in [0.1, 0.15) is 17.2 Å². The van der Waals surface area contributed by atoms with Crippen molar-refractivity contribution >= 4 is 11.6 Å². The van der Waals surface area contributed by atoms with Gasteiger partial charge in [-0.2, -0.15) is 0 Å². The van der Waals surface area contributed by atoms with Crippen LogP contribution < -0.4 is 9.47 Å². The average molecular weight is 309 g/mol. The normalized spacial score (nSPS) is 12.0. The summed E-state index contributed by atoms with van der Waals surface area (Å²) >= 11 is 6.05. The summed E-state index contributed by atoms with van der Waals surface area (Å²) in [5.41, 5.74) is 1.41. The van der Waals surface area contributed by atoms with E-state index >= 15 is 0 Å². The van der Waals surface area contributed by atoms with Gasteiger partial charge in [-0.05, 0) is 35.4 Å². The van der Waals surface area contributed by atoms with Crippen LogP contribution in [-0.2, 0) is 6.61 Å². The van der Waals surface area contributed by atoms with Gasteiger partial charge in [-0.25, -0.2) is 0 Å². The third-order valence-corrected chi connectivity index (χ3v) is 3.35. The number of hydrogen-bond donors (Lipinski definition) is 2. The molecule has 2 rings (SSSR count). The highest BCUT2D eigenvalue weighted by Gasteiger charge is 2.11. The van der Waals surface area contributed by atoms with E-state index in [-0.39, 0.29) is 13.2 Å². The van der Waals surface area contributed by atoms with Crippen LogP contribution in [0.15, 0.2) is 42.5 Å². The number of aliphatic hydroxyl groups is 2. The van der Waals surface area contributed by atoms with Crippen LogP contribution in [0.4, 0.5) is 0 Å². The Morgan fingerprint density at radius 3 is 2.67 bits per heavy atom. The highest BCUT2D eigenvalue weighted by molar-refractivity contribution is 6.32. The summed E-state index contributed by atoms with van der Waals surface area (Å²) in [6, 6.07) is 12.2. The van der Waals surface area contributed by atoms with Gasteiger partial charge in [0.1, 0.15) is 24.2 Å². The molecule has 0 spiro atoms. The topological polar surface area (TPSA) is 58.9 Å². The second kappa shape index (κ2) is 7.31. The smallest absolute Gasteiger partial charge is 0.138 e. The fraction of sp³-hybridized carbons (Fsp3) is 0.250. The Kier molecular flexibility index (Phi) is 5.44. The van der Waals surface area contributed by atoms with Crippen molar-refractivity contribution in [1.82, 2.24) is 0 Å². The zero-order valence-electron chi connectivity index (χ0n) is 11.6. The Morgan fingerprint density at radius 1 is 1.19 bits per heavy atom. The minimum absolute atomic E-state index is 0.0748. The number of halogens is 1. The van der Waals surface area contributed by atoms with E-state index in [0.29, 0.717) is 27.6 Å². The molecule has 2 N–H and O–H groups in total. The first-order valence-corrected chi connectivity index (χ1v) is 6.86. The molecule has 0 heterocycles. The van der Waals surface area contributed by atoms with Crippen LogP contribution >= 0.6 is 11.6 Å². The van der Waals surface area contributed by atoms with E-state index < -0.39 is 6.10 Å². The van der Waals surface area contributed by atoms with E-state index in [2.05, 4.69) is 0 Å². The number of rotatable bonds is 6. The minimum atomic E-state index is -0.784. The molecule has 21 heavy (non-hydrogen) atoms. The van der Waals surface area contributed by atoms with Crippen molar-refractivity contribution in [3.63, 3.8) is 0 Å². The van der Waals surface area contributed by atoms with E-state index in [0.717, 1.165) is 0 Å². The zero-order chi connectivity index (χ0) is 15.2. The van der Waals surface area contributed by atoms with Crippen LogP contribution in [0, 0.1) is 0 Å². The first-order chi connectivity index (χ1) is 10.1. The molecular weight excluding hydrogens is 292 g/mol. The lowest BCUT2D eigenvalue weighted by molar-refractivity contribution is 0.108.